The van der Waals surface area contributed by atoms with Crippen LogP contribution in [0, 0.1) is 0 Å². The van der Waals surface area contributed by atoms with Crippen molar-refractivity contribution < 1.29 is 10.2 Å². The van der Waals surface area contributed by atoms with E-state index in [1.54, 1.807) is 0 Å². The van der Waals surface area contributed by atoms with Gasteiger partial charge in [0.05, 0.1) is 11.7 Å². The molecule has 0 saturated carbocycles. The molecule has 0 aliphatic heterocycles. The number of unbranched alkanes of at least 4 members (excludes halogenated alkanes) is 7. The van der Waals surface area contributed by atoms with E-state index in [-0.39, 0.29) is 6.10 Å². The molecule has 2 heteroatoms. The zero-order chi connectivity index (χ0) is 15.9. The van der Waals surface area contributed by atoms with Crippen LogP contribution in [0.5, 0.6) is 0 Å². The van der Waals surface area contributed by atoms with Crippen molar-refractivity contribution in [3.8, 4) is 0 Å². The molecule has 0 aromatic carbocycles. The number of hydrogen-bond acceptors (Lipinski definition) is 2. The Balaban J connectivity index is 0. The predicted octanol–water partition coefficient (Wildman–Crippen LogP) is 5.46. The van der Waals surface area contributed by atoms with Gasteiger partial charge in [0.1, 0.15) is 0 Å². The van der Waals surface area contributed by atoms with Gasteiger partial charge in [-0.1, -0.05) is 71.6 Å². The first kappa shape index (κ1) is 22.2. The van der Waals surface area contributed by atoms with Gasteiger partial charge in [0.15, 0.2) is 0 Å². The fourth-order valence-electron chi connectivity index (χ4n) is 2.03. The summed E-state index contributed by atoms with van der Waals surface area (Å²) in [6.45, 7) is 10.0. The Hall–Kier alpha value is -0.0800. The van der Waals surface area contributed by atoms with Crippen molar-refractivity contribution in [1.29, 1.82) is 0 Å². The van der Waals surface area contributed by atoms with Gasteiger partial charge in [-0.3, -0.25) is 0 Å². The van der Waals surface area contributed by atoms with Crippen molar-refractivity contribution in [1.82, 2.24) is 0 Å². The summed E-state index contributed by atoms with van der Waals surface area (Å²) in [6.07, 6.45) is 13.3. The second-order valence-electron chi connectivity index (χ2n) is 6.68. The molecule has 124 valence electrons. The average molecular weight is 289 g/mol. The highest BCUT2D eigenvalue weighted by Gasteiger charge is 2.10. The molecule has 2 N–H and O–H groups in total. The van der Waals surface area contributed by atoms with Crippen molar-refractivity contribution in [3.63, 3.8) is 0 Å². The molecule has 0 aromatic heterocycles. The summed E-state index contributed by atoms with van der Waals surface area (Å²) in [5.74, 6) is 0. The molecule has 0 rings (SSSR count). The maximum absolute atomic E-state index is 9.32. The van der Waals surface area contributed by atoms with Gasteiger partial charge in [0, 0.05) is 0 Å². The Morgan fingerprint density at radius 2 is 1.25 bits per heavy atom. The second-order valence-corrected chi connectivity index (χ2v) is 6.68. The average Bonchev–Trinajstić information content (AvgIpc) is 2.34. The summed E-state index contributed by atoms with van der Waals surface area (Å²) in [5.41, 5.74) is -0.451. The minimum absolute atomic E-state index is 0.0957. The Morgan fingerprint density at radius 3 is 1.65 bits per heavy atom. The molecule has 20 heavy (non-hydrogen) atoms. The quantitative estimate of drug-likeness (QED) is 0.496. The molecule has 1 atom stereocenters. The molecule has 2 nitrogen and oxygen atoms in total. The van der Waals surface area contributed by atoms with Crippen molar-refractivity contribution in [3.05, 3.63) is 0 Å². The van der Waals surface area contributed by atoms with E-state index < -0.39 is 5.60 Å². The van der Waals surface area contributed by atoms with Gasteiger partial charge in [-0.25, -0.2) is 0 Å². The standard InChI is InChI=1S/2C9H20O/c1-4-5-6-7-8-9(2,3)10;1-3-4-5-6-7-8-9(2)10/h10H,4-8H2,1-3H3;9-10H,3-8H2,1-2H3. The maximum Gasteiger partial charge on any atom is 0.0591 e. The van der Waals surface area contributed by atoms with E-state index in [4.69, 9.17) is 5.11 Å². The predicted molar refractivity (Wildman–Crippen MR) is 90.1 cm³/mol. The molecule has 0 heterocycles. The summed E-state index contributed by atoms with van der Waals surface area (Å²) >= 11 is 0. The van der Waals surface area contributed by atoms with Gasteiger partial charge >= 0.3 is 0 Å². The third-order valence-corrected chi connectivity index (χ3v) is 3.37. The molecule has 1 unspecified atom stereocenters. The number of hydrogen-bond donors (Lipinski definition) is 2. The van der Waals surface area contributed by atoms with E-state index in [0.29, 0.717) is 0 Å². The fraction of sp³-hybridized carbons (Fsp3) is 1.00. The molecule has 0 spiro atoms. The molecule has 0 aliphatic carbocycles. The Labute approximate surface area is 128 Å². The van der Waals surface area contributed by atoms with Crippen molar-refractivity contribution in [2.45, 2.75) is 117 Å². The van der Waals surface area contributed by atoms with Crippen LogP contribution in [0.1, 0.15) is 105 Å². The normalized spacial score (nSPS) is 12.8. The van der Waals surface area contributed by atoms with Crippen LogP contribution in [0.4, 0.5) is 0 Å². The Morgan fingerprint density at radius 1 is 0.800 bits per heavy atom. The van der Waals surface area contributed by atoms with Gasteiger partial charge in [-0.2, -0.15) is 0 Å². The molecule has 0 aromatic rings. The first-order valence-corrected chi connectivity index (χ1v) is 8.74. The van der Waals surface area contributed by atoms with E-state index in [9.17, 15) is 5.11 Å². The SMILES string of the molecule is CCCCCCC(C)(C)O.CCCCCCCC(C)O. The molecule has 0 aliphatic rings. The number of aliphatic hydroxyl groups is 2. The molecular formula is C18H40O2. The highest BCUT2D eigenvalue weighted by atomic mass is 16.3. The monoisotopic (exact) mass is 288 g/mol. The highest BCUT2D eigenvalue weighted by molar-refractivity contribution is 4.63. The largest absolute Gasteiger partial charge is 0.393 e. The Kier molecular flexibility index (Phi) is 17.0. The summed E-state index contributed by atoms with van der Waals surface area (Å²) in [6, 6.07) is 0. The minimum Gasteiger partial charge on any atom is -0.393 e. The van der Waals surface area contributed by atoms with Gasteiger partial charge in [0.25, 0.3) is 0 Å². The van der Waals surface area contributed by atoms with Crippen LogP contribution in [0.3, 0.4) is 0 Å². The third-order valence-electron chi connectivity index (χ3n) is 3.37. The molecule has 0 amide bonds. The third kappa shape index (κ3) is 26.5. The van der Waals surface area contributed by atoms with Crippen LogP contribution in [-0.2, 0) is 0 Å². The van der Waals surface area contributed by atoms with E-state index in [2.05, 4.69) is 13.8 Å². The minimum atomic E-state index is -0.451. The van der Waals surface area contributed by atoms with E-state index >= 15 is 0 Å². The zero-order valence-corrected chi connectivity index (χ0v) is 14.7. The van der Waals surface area contributed by atoms with Crippen LogP contribution in [0.25, 0.3) is 0 Å². The molecule has 0 radical (unpaired) electrons. The van der Waals surface area contributed by atoms with Crippen LogP contribution >= 0.6 is 0 Å². The van der Waals surface area contributed by atoms with Gasteiger partial charge in [-0.15, -0.1) is 0 Å². The zero-order valence-electron chi connectivity index (χ0n) is 14.7. The topological polar surface area (TPSA) is 40.5 Å². The lowest BCUT2D eigenvalue weighted by molar-refractivity contribution is 0.0680. The van der Waals surface area contributed by atoms with E-state index in [1.165, 1.54) is 51.4 Å². The van der Waals surface area contributed by atoms with Crippen LogP contribution in [0.15, 0.2) is 0 Å². The van der Waals surface area contributed by atoms with Crippen molar-refractivity contribution in [2.24, 2.45) is 0 Å². The van der Waals surface area contributed by atoms with E-state index in [1.807, 2.05) is 20.8 Å². The first-order chi connectivity index (χ1) is 9.33. The van der Waals surface area contributed by atoms with Crippen molar-refractivity contribution >= 4 is 0 Å². The Bertz CT molecular complexity index is 171. The summed E-state index contributed by atoms with van der Waals surface area (Å²) < 4.78 is 0. The molecular weight excluding hydrogens is 248 g/mol. The molecule has 0 fully saturated rings. The van der Waals surface area contributed by atoms with Gasteiger partial charge in [-0.05, 0) is 33.6 Å². The van der Waals surface area contributed by atoms with Crippen LogP contribution in [0.2, 0.25) is 0 Å². The maximum atomic E-state index is 9.32. The second kappa shape index (κ2) is 15.3. The van der Waals surface area contributed by atoms with Crippen LogP contribution in [-0.4, -0.2) is 21.9 Å². The lowest BCUT2D eigenvalue weighted by atomic mass is 10.0. The first-order valence-electron chi connectivity index (χ1n) is 8.74. The van der Waals surface area contributed by atoms with E-state index in [0.717, 1.165) is 19.3 Å². The smallest absolute Gasteiger partial charge is 0.0591 e. The highest BCUT2D eigenvalue weighted by Crippen LogP contribution is 2.13. The summed E-state index contributed by atoms with van der Waals surface area (Å²) in [5, 5.41) is 18.2. The number of rotatable bonds is 11. The lowest BCUT2D eigenvalue weighted by Gasteiger charge is -2.15. The summed E-state index contributed by atoms with van der Waals surface area (Å²) in [4.78, 5) is 0. The lowest BCUT2D eigenvalue weighted by Crippen LogP contribution is -2.17. The molecule has 0 saturated heterocycles. The molecule has 0 bridgehead atoms. The van der Waals surface area contributed by atoms with Gasteiger partial charge in [0.2, 0.25) is 0 Å². The van der Waals surface area contributed by atoms with Crippen molar-refractivity contribution in [2.75, 3.05) is 0 Å². The fourth-order valence-corrected chi connectivity index (χ4v) is 2.03. The summed E-state index contributed by atoms with van der Waals surface area (Å²) in [7, 11) is 0. The van der Waals surface area contributed by atoms with Gasteiger partial charge < -0.3 is 10.2 Å². The number of aliphatic hydroxyl groups excluding tert-OH is 1. The van der Waals surface area contributed by atoms with Crippen LogP contribution < -0.4 is 0 Å².